The Labute approximate surface area is 196 Å². The minimum absolute atomic E-state index is 0.0763. The number of halogens is 1. The van der Waals surface area contributed by atoms with Crippen molar-refractivity contribution in [2.75, 3.05) is 18.4 Å². The van der Waals surface area contributed by atoms with Crippen molar-refractivity contribution in [3.63, 3.8) is 0 Å². The molecule has 2 amide bonds. The molecule has 1 aliphatic heterocycles. The second-order valence-corrected chi connectivity index (χ2v) is 9.28. The van der Waals surface area contributed by atoms with Gasteiger partial charge in [0.05, 0.1) is 15.6 Å². The zero-order chi connectivity index (χ0) is 22.7. The molecule has 0 bridgehead atoms. The van der Waals surface area contributed by atoms with E-state index in [1.54, 1.807) is 35.2 Å². The summed E-state index contributed by atoms with van der Waals surface area (Å²) in [7, 11) is 0. The Morgan fingerprint density at radius 1 is 1.00 bits per heavy atom. The number of anilines is 1. The van der Waals surface area contributed by atoms with Crippen molar-refractivity contribution in [3.05, 3.63) is 86.6 Å². The number of benzene rings is 2. The van der Waals surface area contributed by atoms with Crippen LogP contribution in [-0.2, 0) is 0 Å². The molecule has 0 unspecified atom stereocenters. The Hall–Kier alpha value is -2.96. The summed E-state index contributed by atoms with van der Waals surface area (Å²) < 4.78 is 0. The molecule has 1 N–H and O–H groups in total. The molecule has 0 aliphatic carbocycles. The van der Waals surface area contributed by atoms with Crippen LogP contribution in [0.25, 0.3) is 0 Å². The Bertz CT molecular complexity index is 1130. The highest BCUT2D eigenvalue weighted by Crippen LogP contribution is 2.27. The number of rotatable bonds is 5. The number of amides is 2. The second-order valence-electron chi connectivity index (χ2n) is 7.92. The molecule has 0 radical (unpaired) electrons. The number of nitrogens with zero attached hydrogens (tertiary/aromatic N) is 1. The first kappa shape index (κ1) is 22.2. The molecule has 7 heteroatoms. The lowest BCUT2D eigenvalue weighted by Crippen LogP contribution is -2.40. The first-order valence-electron chi connectivity index (χ1n) is 10.5. The summed E-state index contributed by atoms with van der Waals surface area (Å²) >= 11 is 7.57. The van der Waals surface area contributed by atoms with Crippen LogP contribution in [-0.4, -0.2) is 35.6 Å². The molecular formula is C25H23ClN2O3S. The van der Waals surface area contributed by atoms with Crippen molar-refractivity contribution >= 4 is 46.2 Å². The lowest BCUT2D eigenvalue weighted by molar-refractivity contribution is 0.0650. The van der Waals surface area contributed by atoms with Gasteiger partial charge in [-0.25, -0.2) is 0 Å². The molecule has 4 rings (SSSR count). The van der Waals surface area contributed by atoms with Gasteiger partial charge in [0, 0.05) is 30.1 Å². The van der Waals surface area contributed by atoms with E-state index < -0.39 is 0 Å². The van der Waals surface area contributed by atoms with Gasteiger partial charge in [-0.2, -0.15) is 0 Å². The van der Waals surface area contributed by atoms with Gasteiger partial charge < -0.3 is 10.2 Å². The van der Waals surface area contributed by atoms with Gasteiger partial charge in [-0.1, -0.05) is 47.5 Å². The van der Waals surface area contributed by atoms with Crippen molar-refractivity contribution in [1.82, 2.24) is 4.90 Å². The first-order valence-corrected chi connectivity index (χ1v) is 11.7. The van der Waals surface area contributed by atoms with Crippen LogP contribution in [0.4, 0.5) is 5.69 Å². The molecule has 3 aromatic rings. The summed E-state index contributed by atoms with van der Waals surface area (Å²) in [6.45, 7) is 3.02. The Balaban J connectivity index is 1.40. The maximum absolute atomic E-state index is 13.0. The molecule has 2 aromatic carbocycles. The van der Waals surface area contributed by atoms with E-state index >= 15 is 0 Å². The van der Waals surface area contributed by atoms with E-state index in [1.807, 2.05) is 36.6 Å². The van der Waals surface area contributed by atoms with Gasteiger partial charge in [0.25, 0.3) is 11.8 Å². The number of carbonyl (C=O) groups excluding carboxylic acids is 3. The molecule has 164 valence electrons. The molecular weight excluding hydrogens is 444 g/mol. The normalized spacial score (nSPS) is 14.2. The third-order valence-corrected chi connectivity index (χ3v) is 6.89. The Kier molecular flexibility index (Phi) is 6.72. The highest BCUT2D eigenvalue weighted by atomic mass is 35.5. The smallest absolute Gasteiger partial charge is 0.265 e. The van der Waals surface area contributed by atoms with Gasteiger partial charge in [0.1, 0.15) is 0 Å². The molecule has 1 aliphatic rings. The highest BCUT2D eigenvalue weighted by molar-refractivity contribution is 7.12. The monoisotopic (exact) mass is 466 g/mol. The average molecular weight is 467 g/mol. The van der Waals surface area contributed by atoms with E-state index in [1.165, 1.54) is 11.3 Å². The quantitative estimate of drug-likeness (QED) is 0.490. The number of likely N-dealkylation sites (tertiary alicyclic amines) is 1. The predicted octanol–water partition coefficient (Wildman–Crippen LogP) is 5.70. The van der Waals surface area contributed by atoms with Crippen LogP contribution in [0.5, 0.6) is 0 Å². The number of piperidine rings is 1. The Morgan fingerprint density at radius 2 is 1.69 bits per heavy atom. The number of carbonyl (C=O) groups is 3. The van der Waals surface area contributed by atoms with Gasteiger partial charge >= 0.3 is 0 Å². The summed E-state index contributed by atoms with van der Waals surface area (Å²) in [6.07, 6.45) is 1.27. The van der Waals surface area contributed by atoms with Crippen molar-refractivity contribution in [2.45, 2.75) is 19.8 Å². The standard InChI is InChI=1S/C25H23ClN2O3S/c1-16-4-6-17(7-5-16)23(29)18-10-12-28(13-11-18)25(31)19-8-9-20(26)21(15-19)27-24(30)22-3-2-14-32-22/h2-9,14-15,18H,10-13H2,1H3,(H,27,30). The minimum atomic E-state index is -0.262. The topological polar surface area (TPSA) is 66.5 Å². The van der Waals surface area contributed by atoms with E-state index in [-0.39, 0.29) is 23.5 Å². The Morgan fingerprint density at radius 3 is 2.34 bits per heavy atom. The van der Waals surface area contributed by atoms with Crippen LogP contribution in [0.1, 0.15) is 48.8 Å². The van der Waals surface area contributed by atoms with Gasteiger partial charge in [-0.05, 0) is 49.4 Å². The van der Waals surface area contributed by atoms with Gasteiger partial charge in [0.2, 0.25) is 0 Å². The largest absolute Gasteiger partial charge is 0.339 e. The molecule has 1 aromatic heterocycles. The summed E-state index contributed by atoms with van der Waals surface area (Å²) in [5, 5.41) is 4.97. The van der Waals surface area contributed by atoms with Crippen molar-refractivity contribution in [2.24, 2.45) is 5.92 Å². The zero-order valence-electron chi connectivity index (χ0n) is 17.6. The van der Waals surface area contributed by atoms with E-state index in [2.05, 4.69) is 5.32 Å². The molecule has 0 spiro atoms. The van der Waals surface area contributed by atoms with Crippen LogP contribution in [0.15, 0.2) is 60.0 Å². The molecule has 0 atom stereocenters. The summed E-state index contributed by atoms with van der Waals surface area (Å²) in [5.41, 5.74) is 2.71. The second kappa shape index (κ2) is 9.67. The number of thiophene rings is 1. The number of Topliss-reactive ketones (excluding diaryl/α,β-unsaturated/α-hetero) is 1. The van der Waals surface area contributed by atoms with Crippen molar-refractivity contribution < 1.29 is 14.4 Å². The minimum Gasteiger partial charge on any atom is -0.339 e. The van der Waals surface area contributed by atoms with Crippen LogP contribution >= 0.6 is 22.9 Å². The van der Waals surface area contributed by atoms with Crippen LogP contribution in [0.2, 0.25) is 5.02 Å². The summed E-state index contributed by atoms with van der Waals surface area (Å²) in [4.78, 5) is 40.5. The highest BCUT2D eigenvalue weighted by Gasteiger charge is 2.28. The van der Waals surface area contributed by atoms with E-state index in [0.717, 1.165) is 11.1 Å². The number of hydrogen-bond donors (Lipinski definition) is 1. The third-order valence-electron chi connectivity index (χ3n) is 5.70. The fourth-order valence-electron chi connectivity index (χ4n) is 3.83. The van der Waals surface area contributed by atoms with Crippen molar-refractivity contribution in [1.29, 1.82) is 0 Å². The number of ketones is 1. The van der Waals surface area contributed by atoms with Crippen LogP contribution < -0.4 is 5.32 Å². The fraction of sp³-hybridized carbons (Fsp3) is 0.240. The SMILES string of the molecule is Cc1ccc(C(=O)C2CCN(C(=O)c3ccc(Cl)c(NC(=O)c4cccs4)c3)CC2)cc1. The lowest BCUT2D eigenvalue weighted by Gasteiger charge is -2.31. The predicted molar refractivity (Wildman–Crippen MR) is 128 cm³/mol. The van der Waals surface area contributed by atoms with Crippen LogP contribution in [0, 0.1) is 12.8 Å². The molecule has 1 saturated heterocycles. The maximum atomic E-state index is 13.0. The average Bonchev–Trinajstić information content (AvgIpc) is 3.35. The number of aryl methyl sites for hydroxylation is 1. The summed E-state index contributed by atoms with van der Waals surface area (Å²) in [5.74, 6) is -0.328. The fourth-order valence-corrected chi connectivity index (χ4v) is 4.61. The maximum Gasteiger partial charge on any atom is 0.265 e. The molecule has 2 heterocycles. The van der Waals surface area contributed by atoms with E-state index in [4.69, 9.17) is 11.6 Å². The number of hydrogen-bond acceptors (Lipinski definition) is 4. The van der Waals surface area contributed by atoms with E-state index in [9.17, 15) is 14.4 Å². The molecule has 32 heavy (non-hydrogen) atoms. The van der Waals surface area contributed by atoms with Gasteiger partial charge in [0.15, 0.2) is 5.78 Å². The molecule has 1 fully saturated rings. The zero-order valence-corrected chi connectivity index (χ0v) is 19.2. The van der Waals surface area contributed by atoms with Gasteiger partial charge in [-0.3, -0.25) is 14.4 Å². The van der Waals surface area contributed by atoms with Crippen molar-refractivity contribution in [3.8, 4) is 0 Å². The summed E-state index contributed by atoms with van der Waals surface area (Å²) in [6, 6.07) is 16.0. The molecule has 0 saturated carbocycles. The van der Waals surface area contributed by atoms with Gasteiger partial charge in [-0.15, -0.1) is 11.3 Å². The van der Waals surface area contributed by atoms with E-state index in [0.29, 0.717) is 47.1 Å². The van der Waals surface area contributed by atoms with Crippen LogP contribution in [0.3, 0.4) is 0 Å². The lowest BCUT2D eigenvalue weighted by atomic mass is 9.88. The number of nitrogens with one attached hydrogen (secondary N) is 1. The first-order chi connectivity index (χ1) is 15.4. The molecule has 5 nitrogen and oxygen atoms in total. The third kappa shape index (κ3) is 4.92.